The Kier molecular flexibility index (Phi) is 7.05. The average Bonchev–Trinajstić information content (AvgIpc) is 3.10. The van der Waals surface area contributed by atoms with Gasteiger partial charge in [-0.15, -0.1) is 11.3 Å². The maximum Gasteiger partial charge on any atom is 0.387 e. The molecule has 1 amide bonds. The van der Waals surface area contributed by atoms with Gasteiger partial charge in [-0.25, -0.2) is 4.98 Å². The van der Waals surface area contributed by atoms with Crippen molar-refractivity contribution in [2.45, 2.75) is 17.4 Å². The van der Waals surface area contributed by atoms with Crippen molar-refractivity contribution in [3.8, 4) is 11.5 Å². The number of halogens is 2. The maximum atomic E-state index is 12.4. The third kappa shape index (κ3) is 5.56. The SMILES string of the molecule is COc1cc(CCNC(=O)CSc2nc3ccccc3s2)ccc1OC(F)F. The molecule has 0 aliphatic rings. The normalized spacial score (nSPS) is 11.0. The summed E-state index contributed by atoms with van der Waals surface area (Å²) in [5, 5.41) is 2.84. The monoisotopic (exact) mass is 424 g/mol. The number of nitrogens with one attached hydrogen (secondary N) is 1. The van der Waals surface area contributed by atoms with Gasteiger partial charge in [0.25, 0.3) is 0 Å². The van der Waals surface area contributed by atoms with E-state index in [0.717, 1.165) is 20.1 Å². The molecule has 1 N–H and O–H groups in total. The van der Waals surface area contributed by atoms with Gasteiger partial charge in [0.05, 0.1) is 23.1 Å². The average molecular weight is 424 g/mol. The highest BCUT2D eigenvalue weighted by atomic mass is 32.2. The van der Waals surface area contributed by atoms with Crippen molar-refractivity contribution in [2.75, 3.05) is 19.4 Å². The van der Waals surface area contributed by atoms with E-state index in [1.165, 1.54) is 24.9 Å². The number of rotatable bonds is 9. The van der Waals surface area contributed by atoms with E-state index in [4.69, 9.17) is 4.74 Å². The van der Waals surface area contributed by atoms with E-state index in [-0.39, 0.29) is 23.2 Å². The fraction of sp³-hybridized carbons (Fsp3) is 0.263. The predicted octanol–water partition coefficient (Wildman–Crippen LogP) is 4.36. The number of hydrogen-bond acceptors (Lipinski definition) is 6. The molecule has 0 aliphatic carbocycles. The molecule has 28 heavy (non-hydrogen) atoms. The summed E-state index contributed by atoms with van der Waals surface area (Å²) in [7, 11) is 1.39. The summed E-state index contributed by atoms with van der Waals surface area (Å²) in [6, 6.07) is 12.6. The maximum absolute atomic E-state index is 12.4. The van der Waals surface area contributed by atoms with Crippen LogP contribution in [0.25, 0.3) is 10.2 Å². The summed E-state index contributed by atoms with van der Waals surface area (Å²) < 4.78 is 36.1. The van der Waals surface area contributed by atoms with Crippen LogP contribution in [0, 0.1) is 0 Å². The van der Waals surface area contributed by atoms with E-state index >= 15 is 0 Å². The van der Waals surface area contributed by atoms with Gasteiger partial charge < -0.3 is 14.8 Å². The molecule has 0 saturated heterocycles. The fourth-order valence-electron chi connectivity index (χ4n) is 2.50. The first kappa shape index (κ1) is 20.3. The Bertz CT molecular complexity index is 917. The number of carbonyl (C=O) groups is 1. The van der Waals surface area contributed by atoms with Crippen LogP contribution >= 0.6 is 23.1 Å². The minimum absolute atomic E-state index is 0.0162. The summed E-state index contributed by atoms with van der Waals surface area (Å²) >= 11 is 2.96. The van der Waals surface area contributed by atoms with E-state index in [9.17, 15) is 13.6 Å². The summed E-state index contributed by atoms with van der Waals surface area (Å²) in [5.74, 6) is 0.409. The van der Waals surface area contributed by atoms with Crippen molar-refractivity contribution in [3.05, 3.63) is 48.0 Å². The number of nitrogens with zero attached hydrogens (tertiary/aromatic N) is 1. The number of fused-ring (bicyclic) bond motifs is 1. The summed E-state index contributed by atoms with van der Waals surface area (Å²) in [6.45, 7) is -2.48. The van der Waals surface area contributed by atoms with Crippen molar-refractivity contribution in [1.82, 2.24) is 10.3 Å². The predicted molar refractivity (Wildman–Crippen MR) is 107 cm³/mol. The first-order valence-corrected chi connectivity index (χ1v) is 10.2. The highest BCUT2D eigenvalue weighted by Gasteiger charge is 2.11. The standard InChI is InChI=1S/C19H18F2N2O3S2/c1-25-15-10-12(6-7-14(15)26-18(20)21)8-9-22-17(24)11-27-19-23-13-4-2-3-5-16(13)28-19/h2-7,10,18H,8-9,11H2,1H3,(H,22,24). The Hall–Kier alpha value is -2.39. The van der Waals surface area contributed by atoms with Crippen molar-refractivity contribution in [1.29, 1.82) is 0 Å². The van der Waals surface area contributed by atoms with Crippen LogP contribution in [0.1, 0.15) is 5.56 Å². The minimum Gasteiger partial charge on any atom is -0.493 e. The largest absolute Gasteiger partial charge is 0.493 e. The molecule has 2 aromatic carbocycles. The van der Waals surface area contributed by atoms with Gasteiger partial charge in [0, 0.05) is 6.54 Å². The molecule has 0 atom stereocenters. The molecule has 0 fully saturated rings. The highest BCUT2D eigenvalue weighted by Crippen LogP contribution is 2.30. The molecule has 3 rings (SSSR count). The van der Waals surface area contributed by atoms with Gasteiger partial charge in [-0.05, 0) is 36.2 Å². The second kappa shape index (κ2) is 9.70. The van der Waals surface area contributed by atoms with Crippen LogP contribution in [0.5, 0.6) is 11.5 Å². The van der Waals surface area contributed by atoms with Gasteiger partial charge in [0.1, 0.15) is 0 Å². The van der Waals surface area contributed by atoms with Gasteiger partial charge in [-0.1, -0.05) is 30.0 Å². The zero-order chi connectivity index (χ0) is 19.9. The third-order valence-corrected chi connectivity index (χ3v) is 5.96. The molecule has 0 bridgehead atoms. The molecule has 0 radical (unpaired) electrons. The number of hydrogen-bond donors (Lipinski definition) is 1. The van der Waals surface area contributed by atoms with E-state index < -0.39 is 6.61 Å². The number of thiazole rings is 1. The van der Waals surface area contributed by atoms with Crippen LogP contribution < -0.4 is 14.8 Å². The lowest BCUT2D eigenvalue weighted by atomic mass is 10.1. The Morgan fingerprint density at radius 2 is 2.07 bits per heavy atom. The first-order valence-electron chi connectivity index (χ1n) is 8.42. The minimum atomic E-state index is -2.91. The Morgan fingerprint density at radius 1 is 1.25 bits per heavy atom. The zero-order valence-corrected chi connectivity index (χ0v) is 16.6. The van der Waals surface area contributed by atoms with Gasteiger partial charge in [-0.2, -0.15) is 8.78 Å². The second-order valence-electron chi connectivity index (χ2n) is 5.70. The van der Waals surface area contributed by atoms with Crippen LogP contribution in [0.3, 0.4) is 0 Å². The molecule has 0 aliphatic heterocycles. The molecule has 148 valence electrons. The van der Waals surface area contributed by atoms with Crippen molar-refractivity contribution < 1.29 is 23.0 Å². The summed E-state index contributed by atoms with van der Waals surface area (Å²) in [4.78, 5) is 16.5. The van der Waals surface area contributed by atoms with Gasteiger partial charge in [0.2, 0.25) is 5.91 Å². The van der Waals surface area contributed by atoms with Crippen LogP contribution in [0.4, 0.5) is 8.78 Å². The molecule has 9 heteroatoms. The smallest absolute Gasteiger partial charge is 0.387 e. The number of aromatic nitrogens is 1. The van der Waals surface area contributed by atoms with E-state index in [1.807, 2.05) is 24.3 Å². The second-order valence-corrected chi connectivity index (χ2v) is 7.95. The number of thioether (sulfide) groups is 1. The molecular formula is C19H18F2N2O3S2. The Labute approximate surface area is 169 Å². The zero-order valence-electron chi connectivity index (χ0n) is 15.0. The van der Waals surface area contributed by atoms with Gasteiger partial charge >= 0.3 is 6.61 Å². The number of carbonyl (C=O) groups excluding carboxylic acids is 1. The number of methoxy groups -OCH3 is 1. The van der Waals surface area contributed by atoms with Gasteiger partial charge in [0.15, 0.2) is 15.8 Å². The highest BCUT2D eigenvalue weighted by molar-refractivity contribution is 8.01. The molecular weight excluding hydrogens is 406 g/mol. The fourth-order valence-corrected chi connectivity index (χ4v) is 4.40. The van der Waals surface area contributed by atoms with E-state index in [2.05, 4.69) is 15.0 Å². The molecule has 1 aromatic heterocycles. The first-order chi connectivity index (χ1) is 13.5. The Morgan fingerprint density at radius 3 is 2.82 bits per heavy atom. The van der Waals surface area contributed by atoms with Crippen molar-refractivity contribution in [3.63, 3.8) is 0 Å². The molecule has 5 nitrogen and oxygen atoms in total. The number of amides is 1. The van der Waals surface area contributed by atoms with Crippen LogP contribution in [-0.4, -0.2) is 36.9 Å². The number of ether oxygens (including phenoxy) is 2. The molecule has 1 heterocycles. The van der Waals surface area contributed by atoms with Gasteiger partial charge in [-0.3, -0.25) is 4.79 Å². The number of para-hydroxylation sites is 1. The molecule has 0 saturated carbocycles. The lowest BCUT2D eigenvalue weighted by Gasteiger charge is -2.11. The summed E-state index contributed by atoms with van der Waals surface area (Å²) in [5.41, 5.74) is 1.78. The molecule has 0 unspecified atom stereocenters. The molecule has 0 spiro atoms. The Balaban J connectivity index is 1.45. The van der Waals surface area contributed by atoms with E-state index in [1.54, 1.807) is 23.5 Å². The van der Waals surface area contributed by atoms with Crippen molar-refractivity contribution >= 4 is 39.2 Å². The van der Waals surface area contributed by atoms with Crippen molar-refractivity contribution in [2.24, 2.45) is 0 Å². The van der Waals surface area contributed by atoms with E-state index in [0.29, 0.717) is 13.0 Å². The lowest BCUT2D eigenvalue weighted by Crippen LogP contribution is -2.27. The number of benzene rings is 2. The van der Waals surface area contributed by atoms with Crippen LogP contribution in [-0.2, 0) is 11.2 Å². The summed E-state index contributed by atoms with van der Waals surface area (Å²) in [6.07, 6.45) is 0.545. The van der Waals surface area contributed by atoms with Crippen LogP contribution in [0.15, 0.2) is 46.8 Å². The number of alkyl halides is 2. The lowest BCUT2D eigenvalue weighted by molar-refractivity contribution is -0.118. The topological polar surface area (TPSA) is 60.5 Å². The molecule has 3 aromatic rings. The van der Waals surface area contributed by atoms with Crippen LogP contribution in [0.2, 0.25) is 0 Å². The quantitative estimate of drug-likeness (QED) is 0.517. The third-order valence-electron chi connectivity index (χ3n) is 3.78.